The fourth-order valence-corrected chi connectivity index (χ4v) is 3.77. The third kappa shape index (κ3) is 5.45. The Morgan fingerprint density at radius 2 is 1.75 bits per heavy atom. The van der Waals surface area contributed by atoms with Crippen LogP contribution in [0.2, 0.25) is 5.02 Å². The number of halogens is 4. The van der Waals surface area contributed by atoms with Gasteiger partial charge in [-0.2, -0.15) is 13.2 Å². The van der Waals surface area contributed by atoms with E-state index in [9.17, 15) is 26.4 Å². The van der Waals surface area contributed by atoms with Crippen molar-refractivity contribution < 1.29 is 31.1 Å². The van der Waals surface area contributed by atoms with Crippen molar-refractivity contribution in [2.45, 2.75) is 11.1 Å². The van der Waals surface area contributed by atoms with Crippen molar-refractivity contribution in [1.82, 2.24) is 15.3 Å². The van der Waals surface area contributed by atoms with Crippen LogP contribution in [0.5, 0.6) is 11.6 Å². The highest BCUT2D eigenvalue weighted by Crippen LogP contribution is 2.36. The van der Waals surface area contributed by atoms with Crippen LogP contribution in [0.4, 0.5) is 18.9 Å². The Kier molecular flexibility index (Phi) is 6.55. The summed E-state index contributed by atoms with van der Waals surface area (Å²) in [7, 11) is -2.87. The smallest absolute Gasteiger partial charge is 0.417 e. The molecule has 168 valence electrons. The molecule has 0 saturated carbocycles. The maximum Gasteiger partial charge on any atom is 0.417 e. The van der Waals surface area contributed by atoms with Gasteiger partial charge in [-0.25, -0.2) is 18.4 Å². The number of alkyl halides is 3. The lowest BCUT2D eigenvalue weighted by Gasteiger charge is -2.13. The second-order valence-electron chi connectivity index (χ2n) is 6.19. The standard InChI is InChI=1S/C19H14ClF3N4O4S/c1-24-18(28)16-9-17(26-10-25-16)31-12-4-2-11(3-5-12)27-32(29,30)13-6-7-15(20)14(8-13)19(21,22)23/h2-10,27H,1H3,(H,24,28). The Hall–Kier alpha value is -3.38. The molecule has 0 radical (unpaired) electrons. The van der Waals surface area contributed by atoms with E-state index in [1.54, 1.807) is 0 Å². The van der Waals surface area contributed by atoms with Gasteiger partial charge in [0.1, 0.15) is 17.8 Å². The van der Waals surface area contributed by atoms with Gasteiger partial charge in [-0.05, 0) is 42.5 Å². The molecule has 0 saturated heterocycles. The molecule has 0 spiro atoms. The van der Waals surface area contributed by atoms with Crippen molar-refractivity contribution in [3.63, 3.8) is 0 Å². The first-order valence-electron chi connectivity index (χ1n) is 8.71. The fraction of sp³-hybridized carbons (Fsp3) is 0.105. The van der Waals surface area contributed by atoms with Crippen molar-refractivity contribution in [3.05, 3.63) is 71.1 Å². The summed E-state index contributed by atoms with van der Waals surface area (Å²) in [6.45, 7) is 0. The summed E-state index contributed by atoms with van der Waals surface area (Å²) in [4.78, 5) is 18.7. The summed E-state index contributed by atoms with van der Waals surface area (Å²) in [6.07, 6.45) is -3.66. The van der Waals surface area contributed by atoms with Crippen LogP contribution in [0.1, 0.15) is 16.1 Å². The number of amides is 1. The third-order valence-electron chi connectivity index (χ3n) is 3.98. The molecule has 2 aromatic carbocycles. The third-order valence-corrected chi connectivity index (χ3v) is 5.69. The zero-order chi connectivity index (χ0) is 23.5. The first-order valence-corrected chi connectivity index (χ1v) is 10.6. The van der Waals surface area contributed by atoms with Crippen LogP contribution in [-0.2, 0) is 16.2 Å². The van der Waals surface area contributed by atoms with E-state index in [0.29, 0.717) is 6.07 Å². The van der Waals surface area contributed by atoms with E-state index in [4.69, 9.17) is 16.3 Å². The van der Waals surface area contributed by atoms with E-state index in [1.807, 2.05) is 0 Å². The number of sulfonamides is 1. The van der Waals surface area contributed by atoms with Crippen LogP contribution in [0.25, 0.3) is 0 Å². The fourth-order valence-electron chi connectivity index (χ4n) is 2.46. The molecular formula is C19H14ClF3N4O4S. The molecule has 0 aliphatic carbocycles. The van der Waals surface area contributed by atoms with E-state index >= 15 is 0 Å². The van der Waals surface area contributed by atoms with Gasteiger partial charge in [0, 0.05) is 18.8 Å². The van der Waals surface area contributed by atoms with Gasteiger partial charge in [0.25, 0.3) is 15.9 Å². The minimum absolute atomic E-state index is 0.0766. The number of anilines is 1. The second kappa shape index (κ2) is 9.01. The van der Waals surface area contributed by atoms with Crippen LogP contribution < -0.4 is 14.8 Å². The summed E-state index contributed by atoms with van der Waals surface area (Å²) in [6, 6.07) is 9.10. The van der Waals surface area contributed by atoms with Crippen molar-refractivity contribution in [2.75, 3.05) is 11.8 Å². The minimum atomic E-state index is -4.81. The number of carbonyl (C=O) groups is 1. The van der Waals surface area contributed by atoms with Gasteiger partial charge < -0.3 is 10.1 Å². The number of aromatic nitrogens is 2. The van der Waals surface area contributed by atoms with E-state index in [2.05, 4.69) is 20.0 Å². The first kappa shape index (κ1) is 23.3. The summed E-state index contributed by atoms with van der Waals surface area (Å²) in [5.41, 5.74) is -1.09. The van der Waals surface area contributed by atoms with Crippen molar-refractivity contribution in [2.24, 2.45) is 0 Å². The topological polar surface area (TPSA) is 110 Å². The van der Waals surface area contributed by atoms with Crippen molar-refractivity contribution in [3.8, 4) is 11.6 Å². The van der Waals surface area contributed by atoms with Gasteiger partial charge in [0.15, 0.2) is 0 Å². The average molecular weight is 487 g/mol. The molecule has 0 fully saturated rings. The highest BCUT2D eigenvalue weighted by atomic mass is 35.5. The number of carbonyl (C=O) groups excluding carboxylic acids is 1. The second-order valence-corrected chi connectivity index (χ2v) is 8.28. The van der Waals surface area contributed by atoms with Crippen molar-refractivity contribution in [1.29, 1.82) is 0 Å². The van der Waals surface area contributed by atoms with E-state index in [1.165, 1.54) is 37.4 Å². The summed E-state index contributed by atoms with van der Waals surface area (Å²) < 4.78 is 71.7. The molecule has 32 heavy (non-hydrogen) atoms. The number of hydrogen-bond donors (Lipinski definition) is 2. The maximum absolute atomic E-state index is 13.0. The summed E-state index contributed by atoms with van der Waals surface area (Å²) in [5.74, 6) is -0.0917. The highest BCUT2D eigenvalue weighted by molar-refractivity contribution is 7.92. The Morgan fingerprint density at radius 1 is 1.06 bits per heavy atom. The molecule has 0 bridgehead atoms. The predicted molar refractivity (Wildman–Crippen MR) is 109 cm³/mol. The number of ether oxygens (including phenoxy) is 1. The van der Waals surface area contributed by atoms with Gasteiger partial charge in [0.05, 0.1) is 15.5 Å². The molecule has 0 unspecified atom stereocenters. The quantitative estimate of drug-likeness (QED) is 0.542. The zero-order valence-corrected chi connectivity index (χ0v) is 17.7. The molecule has 1 amide bonds. The largest absolute Gasteiger partial charge is 0.439 e. The van der Waals surface area contributed by atoms with Crippen molar-refractivity contribution >= 4 is 33.2 Å². The minimum Gasteiger partial charge on any atom is -0.439 e. The molecule has 0 aliphatic heterocycles. The van der Waals surface area contributed by atoms with Gasteiger partial charge in [-0.1, -0.05) is 11.6 Å². The number of rotatable bonds is 6. The number of nitrogens with one attached hydrogen (secondary N) is 2. The molecule has 0 aliphatic rings. The van der Waals surface area contributed by atoms with E-state index in [-0.39, 0.29) is 23.0 Å². The highest BCUT2D eigenvalue weighted by Gasteiger charge is 2.34. The molecule has 13 heteroatoms. The van der Waals surface area contributed by atoms with Crippen LogP contribution in [0, 0.1) is 0 Å². The van der Waals surface area contributed by atoms with Gasteiger partial charge in [-0.15, -0.1) is 0 Å². The molecule has 3 rings (SSSR count). The molecular weight excluding hydrogens is 473 g/mol. The van der Waals surface area contributed by atoms with Crippen LogP contribution in [0.3, 0.4) is 0 Å². The molecule has 8 nitrogen and oxygen atoms in total. The Morgan fingerprint density at radius 3 is 2.38 bits per heavy atom. The summed E-state index contributed by atoms with van der Waals surface area (Å²) in [5, 5.41) is 1.80. The van der Waals surface area contributed by atoms with Gasteiger partial charge in [0.2, 0.25) is 5.88 Å². The molecule has 2 N–H and O–H groups in total. The maximum atomic E-state index is 13.0. The number of benzene rings is 2. The lowest BCUT2D eigenvalue weighted by Crippen LogP contribution is -2.19. The SMILES string of the molecule is CNC(=O)c1cc(Oc2ccc(NS(=O)(=O)c3ccc(Cl)c(C(F)(F)F)c3)cc2)ncn1. The Bertz CT molecular complexity index is 1250. The first-order chi connectivity index (χ1) is 15.0. The van der Waals surface area contributed by atoms with Gasteiger partial charge in [-0.3, -0.25) is 9.52 Å². The predicted octanol–water partition coefficient (Wildman–Crippen LogP) is 4.10. The van der Waals surface area contributed by atoms with Crippen LogP contribution >= 0.6 is 11.6 Å². The lowest BCUT2D eigenvalue weighted by molar-refractivity contribution is -0.137. The average Bonchev–Trinajstić information content (AvgIpc) is 2.74. The zero-order valence-electron chi connectivity index (χ0n) is 16.1. The lowest BCUT2D eigenvalue weighted by atomic mass is 10.2. The van der Waals surface area contributed by atoms with Crippen LogP contribution in [-0.4, -0.2) is 31.3 Å². The van der Waals surface area contributed by atoms with E-state index in [0.717, 1.165) is 18.5 Å². The normalized spacial score (nSPS) is 11.7. The van der Waals surface area contributed by atoms with Gasteiger partial charge >= 0.3 is 6.18 Å². The monoisotopic (exact) mass is 486 g/mol. The molecule has 1 aromatic heterocycles. The molecule has 0 atom stereocenters. The van der Waals surface area contributed by atoms with Crippen LogP contribution in [0.15, 0.2) is 59.8 Å². The Balaban J connectivity index is 1.77. The molecule has 3 aromatic rings. The van der Waals surface area contributed by atoms with E-state index < -0.39 is 37.6 Å². The number of nitrogens with zero attached hydrogens (tertiary/aromatic N) is 2. The molecule has 1 heterocycles. The number of hydrogen-bond acceptors (Lipinski definition) is 6. The summed E-state index contributed by atoms with van der Waals surface area (Å²) >= 11 is 5.53. The Labute approximate surface area is 185 Å².